The molecule has 0 aromatic carbocycles. The lowest BCUT2D eigenvalue weighted by atomic mass is 10.1. The van der Waals surface area contributed by atoms with Gasteiger partial charge in [-0.15, -0.1) is 0 Å². The van der Waals surface area contributed by atoms with Gasteiger partial charge in [-0.2, -0.15) is 5.10 Å². The zero-order valence-electron chi connectivity index (χ0n) is 8.99. The lowest BCUT2D eigenvalue weighted by Crippen LogP contribution is -2.34. The van der Waals surface area contributed by atoms with Crippen molar-refractivity contribution in [3.05, 3.63) is 0 Å². The molecule has 1 fully saturated rings. The monoisotopic (exact) mass is 194 g/mol. The van der Waals surface area contributed by atoms with Crippen LogP contribution in [0.1, 0.15) is 46.0 Å². The van der Waals surface area contributed by atoms with Gasteiger partial charge in [-0.1, -0.05) is 13.8 Å². The minimum Gasteiger partial charge on any atom is -0.272 e. The van der Waals surface area contributed by atoms with E-state index < -0.39 is 0 Å². The molecule has 3 heteroatoms. The first-order chi connectivity index (χ1) is 6.77. The van der Waals surface area contributed by atoms with E-state index in [4.69, 9.17) is 0 Å². The lowest BCUT2D eigenvalue weighted by Gasteiger charge is -2.22. The normalized spacial score (nSPS) is 25.9. The first kappa shape index (κ1) is 9.69. The third-order valence-electron chi connectivity index (χ3n) is 3.38. The average Bonchev–Trinajstić information content (AvgIpc) is 2.74. The summed E-state index contributed by atoms with van der Waals surface area (Å²) in [5, 5.41) is 6.22. The number of nitrogens with zero attached hydrogens (tertiary/aromatic N) is 2. The molecule has 0 radical (unpaired) electrons. The molecule has 0 aromatic rings. The Morgan fingerprint density at radius 1 is 1.50 bits per heavy atom. The van der Waals surface area contributed by atoms with Crippen LogP contribution in [0.2, 0.25) is 0 Å². The summed E-state index contributed by atoms with van der Waals surface area (Å²) in [5.41, 5.74) is 1.14. The number of hydrogen-bond donors (Lipinski definition) is 0. The Hall–Kier alpha value is -0.860. The molecule has 1 amide bonds. The molecule has 14 heavy (non-hydrogen) atoms. The molecule has 0 bridgehead atoms. The summed E-state index contributed by atoms with van der Waals surface area (Å²) < 4.78 is 0. The first-order valence-electron chi connectivity index (χ1n) is 5.68. The second-order valence-corrected chi connectivity index (χ2v) is 4.19. The van der Waals surface area contributed by atoms with Gasteiger partial charge in [-0.3, -0.25) is 4.79 Å². The molecular formula is C11H18N2O. The maximum Gasteiger partial charge on any atom is 0.251 e. The lowest BCUT2D eigenvalue weighted by molar-refractivity contribution is -0.134. The van der Waals surface area contributed by atoms with E-state index in [1.54, 1.807) is 5.01 Å². The van der Waals surface area contributed by atoms with E-state index in [9.17, 15) is 4.79 Å². The SMILES string of the molecule is CCC(CC)N1N=C2CCCC2C1=O. The molecule has 0 spiro atoms. The second-order valence-electron chi connectivity index (χ2n) is 4.19. The van der Waals surface area contributed by atoms with E-state index in [1.165, 1.54) is 0 Å². The molecule has 1 aliphatic carbocycles. The average molecular weight is 194 g/mol. The van der Waals surface area contributed by atoms with E-state index in [2.05, 4.69) is 18.9 Å². The van der Waals surface area contributed by atoms with Gasteiger partial charge in [0.05, 0.1) is 17.7 Å². The molecule has 78 valence electrons. The molecule has 2 rings (SSSR count). The molecule has 1 saturated carbocycles. The fraction of sp³-hybridized carbons (Fsp3) is 0.818. The van der Waals surface area contributed by atoms with Crippen molar-refractivity contribution in [2.24, 2.45) is 11.0 Å². The maximum absolute atomic E-state index is 12.0. The van der Waals surface area contributed by atoms with Gasteiger partial charge in [0.1, 0.15) is 0 Å². The number of carbonyl (C=O) groups is 1. The summed E-state index contributed by atoms with van der Waals surface area (Å²) in [6.45, 7) is 4.24. The highest BCUT2D eigenvalue weighted by Gasteiger charge is 2.40. The zero-order valence-corrected chi connectivity index (χ0v) is 8.99. The van der Waals surface area contributed by atoms with Crippen molar-refractivity contribution in [3.63, 3.8) is 0 Å². The summed E-state index contributed by atoms with van der Waals surface area (Å²) in [5.74, 6) is 0.404. The summed E-state index contributed by atoms with van der Waals surface area (Å²) in [6.07, 6.45) is 5.21. The Labute approximate surface area is 85.2 Å². The van der Waals surface area contributed by atoms with Crippen LogP contribution in [0.4, 0.5) is 0 Å². The molecule has 1 aliphatic heterocycles. The van der Waals surface area contributed by atoms with Gasteiger partial charge >= 0.3 is 0 Å². The third kappa shape index (κ3) is 1.35. The van der Waals surface area contributed by atoms with Crippen LogP contribution < -0.4 is 0 Å². The van der Waals surface area contributed by atoms with Crippen LogP contribution in [0, 0.1) is 5.92 Å². The Morgan fingerprint density at radius 3 is 2.79 bits per heavy atom. The fourth-order valence-electron chi connectivity index (χ4n) is 2.46. The topological polar surface area (TPSA) is 32.7 Å². The number of hydrazone groups is 1. The number of fused-ring (bicyclic) bond motifs is 1. The van der Waals surface area contributed by atoms with Crippen LogP contribution in [0.3, 0.4) is 0 Å². The molecule has 2 aliphatic rings. The quantitative estimate of drug-likeness (QED) is 0.677. The number of hydrogen-bond acceptors (Lipinski definition) is 2. The van der Waals surface area contributed by atoms with Crippen LogP contribution >= 0.6 is 0 Å². The molecule has 1 unspecified atom stereocenters. The van der Waals surface area contributed by atoms with Gasteiger partial charge in [0.25, 0.3) is 5.91 Å². The van der Waals surface area contributed by atoms with E-state index in [0.717, 1.165) is 37.8 Å². The van der Waals surface area contributed by atoms with Crippen molar-refractivity contribution >= 4 is 11.6 Å². The standard InChI is InChI=1S/C11H18N2O/c1-3-8(4-2)13-11(14)9-6-5-7-10(9)12-13/h8-9H,3-7H2,1-2H3. The second kappa shape index (κ2) is 3.71. The largest absolute Gasteiger partial charge is 0.272 e. The van der Waals surface area contributed by atoms with Crippen molar-refractivity contribution in [2.75, 3.05) is 0 Å². The smallest absolute Gasteiger partial charge is 0.251 e. The zero-order chi connectivity index (χ0) is 10.1. The summed E-state index contributed by atoms with van der Waals surface area (Å²) in [4.78, 5) is 12.0. The maximum atomic E-state index is 12.0. The van der Waals surface area contributed by atoms with Gasteiger partial charge in [-0.25, -0.2) is 5.01 Å². The molecule has 3 nitrogen and oxygen atoms in total. The minimum absolute atomic E-state index is 0.149. The molecule has 0 N–H and O–H groups in total. The van der Waals surface area contributed by atoms with Crippen LogP contribution in [-0.2, 0) is 4.79 Å². The highest BCUT2D eigenvalue weighted by Crippen LogP contribution is 2.32. The predicted molar refractivity (Wildman–Crippen MR) is 56.0 cm³/mol. The highest BCUT2D eigenvalue weighted by atomic mass is 16.2. The predicted octanol–water partition coefficient (Wildman–Crippen LogP) is 2.17. The summed E-state index contributed by atoms with van der Waals surface area (Å²) >= 11 is 0. The van der Waals surface area contributed by atoms with Crippen molar-refractivity contribution in [1.82, 2.24) is 5.01 Å². The molecule has 1 heterocycles. The molecule has 0 saturated heterocycles. The Kier molecular flexibility index (Phi) is 2.57. The van der Waals surface area contributed by atoms with Crippen LogP contribution in [0.5, 0.6) is 0 Å². The highest BCUT2D eigenvalue weighted by molar-refractivity contribution is 6.09. The summed E-state index contributed by atoms with van der Waals surface area (Å²) in [7, 11) is 0. The Balaban J connectivity index is 2.15. The fourth-order valence-corrected chi connectivity index (χ4v) is 2.46. The number of carbonyl (C=O) groups excluding carboxylic acids is 1. The van der Waals surface area contributed by atoms with Gasteiger partial charge in [0.2, 0.25) is 0 Å². The van der Waals surface area contributed by atoms with Crippen LogP contribution in [-0.4, -0.2) is 22.7 Å². The third-order valence-corrected chi connectivity index (χ3v) is 3.38. The van der Waals surface area contributed by atoms with Gasteiger partial charge < -0.3 is 0 Å². The van der Waals surface area contributed by atoms with Crippen LogP contribution in [0.25, 0.3) is 0 Å². The van der Waals surface area contributed by atoms with E-state index in [1.807, 2.05) is 0 Å². The minimum atomic E-state index is 0.149. The van der Waals surface area contributed by atoms with Gasteiger partial charge in [0, 0.05) is 0 Å². The van der Waals surface area contributed by atoms with Crippen molar-refractivity contribution < 1.29 is 4.79 Å². The van der Waals surface area contributed by atoms with Crippen LogP contribution in [0.15, 0.2) is 5.10 Å². The van der Waals surface area contributed by atoms with E-state index >= 15 is 0 Å². The molecule has 1 atom stereocenters. The van der Waals surface area contributed by atoms with Crippen molar-refractivity contribution in [3.8, 4) is 0 Å². The molecule has 0 aromatic heterocycles. The van der Waals surface area contributed by atoms with Gasteiger partial charge in [-0.05, 0) is 32.1 Å². The number of rotatable bonds is 3. The first-order valence-corrected chi connectivity index (χ1v) is 5.68. The Bertz CT molecular complexity index is 268. The number of amides is 1. The molecular weight excluding hydrogens is 176 g/mol. The van der Waals surface area contributed by atoms with Crippen molar-refractivity contribution in [1.29, 1.82) is 0 Å². The Morgan fingerprint density at radius 2 is 2.21 bits per heavy atom. The van der Waals surface area contributed by atoms with E-state index in [0.29, 0.717) is 6.04 Å². The summed E-state index contributed by atoms with van der Waals surface area (Å²) in [6, 6.07) is 0.320. The van der Waals surface area contributed by atoms with E-state index in [-0.39, 0.29) is 11.8 Å². The van der Waals surface area contributed by atoms with Gasteiger partial charge in [0.15, 0.2) is 0 Å². The van der Waals surface area contributed by atoms with Crippen molar-refractivity contribution in [2.45, 2.75) is 52.0 Å².